The molecule has 3 rings (SSSR count). The molecule has 0 atom stereocenters. The smallest absolute Gasteiger partial charge is 0.259 e. The Morgan fingerprint density at radius 3 is 2.71 bits per heavy atom. The van der Waals surface area contributed by atoms with E-state index in [4.69, 9.17) is 9.47 Å². The Labute approximate surface area is 149 Å². The molecule has 0 unspecified atom stereocenters. The maximum atomic E-state index is 12.7. The first-order chi connectivity index (χ1) is 11.7. The molecule has 1 fully saturated rings. The molecule has 2 aromatic carbocycles. The number of nitrogens with one attached hydrogen (secondary N) is 1. The van der Waals surface area contributed by atoms with E-state index in [0.29, 0.717) is 24.5 Å². The Bertz CT molecular complexity index is 730. The molecule has 1 amide bonds. The molecule has 0 aromatic heterocycles. The molecule has 1 aliphatic heterocycles. The first kappa shape index (κ1) is 16.8. The van der Waals surface area contributed by atoms with Crippen LogP contribution in [0.5, 0.6) is 5.75 Å². The fraction of sp³-hybridized carbons (Fsp3) is 0.278. The van der Waals surface area contributed by atoms with Crippen molar-refractivity contribution in [1.82, 2.24) is 0 Å². The quantitative estimate of drug-likeness (QED) is 0.866. The van der Waals surface area contributed by atoms with Crippen LogP contribution < -0.4 is 15.0 Å². The highest BCUT2D eigenvalue weighted by Crippen LogP contribution is 2.31. The lowest BCUT2D eigenvalue weighted by Gasteiger charge is -2.30. The van der Waals surface area contributed by atoms with Crippen molar-refractivity contribution < 1.29 is 14.3 Å². The summed E-state index contributed by atoms with van der Waals surface area (Å²) in [6.45, 7) is 2.99. The van der Waals surface area contributed by atoms with E-state index in [-0.39, 0.29) is 5.91 Å². The van der Waals surface area contributed by atoms with Crippen molar-refractivity contribution in [2.45, 2.75) is 0 Å². The van der Waals surface area contributed by atoms with Gasteiger partial charge in [-0.3, -0.25) is 4.79 Å². The van der Waals surface area contributed by atoms with Gasteiger partial charge >= 0.3 is 0 Å². The van der Waals surface area contributed by atoms with Gasteiger partial charge in [0.1, 0.15) is 5.75 Å². The van der Waals surface area contributed by atoms with Crippen molar-refractivity contribution in [2.75, 3.05) is 43.6 Å². The predicted octanol–water partition coefficient (Wildman–Crippen LogP) is 3.55. The largest absolute Gasteiger partial charge is 0.496 e. The first-order valence-corrected chi connectivity index (χ1v) is 8.55. The van der Waals surface area contributed by atoms with Crippen LogP contribution in [0.1, 0.15) is 10.4 Å². The molecule has 2 aromatic rings. The molecule has 1 saturated heterocycles. The number of halogens is 1. The van der Waals surface area contributed by atoms with Crippen LogP contribution in [0.15, 0.2) is 46.9 Å². The number of ether oxygens (including phenoxy) is 2. The molecule has 0 aliphatic carbocycles. The number of amides is 1. The zero-order chi connectivity index (χ0) is 16.9. The second-order valence-electron chi connectivity index (χ2n) is 5.42. The third-order valence-electron chi connectivity index (χ3n) is 3.91. The van der Waals surface area contributed by atoms with Crippen LogP contribution in [0, 0.1) is 0 Å². The Balaban J connectivity index is 1.88. The molecule has 1 heterocycles. The van der Waals surface area contributed by atoms with Crippen molar-refractivity contribution in [3.8, 4) is 5.75 Å². The minimum Gasteiger partial charge on any atom is -0.496 e. The second kappa shape index (κ2) is 7.68. The van der Waals surface area contributed by atoms with Gasteiger partial charge < -0.3 is 19.7 Å². The van der Waals surface area contributed by atoms with E-state index in [9.17, 15) is 4.79 Å². The van der Waals surface area contributed by atoms with Crippen LogP contribution in [0.2, 0.25) is 0 Å². The van der Waals surface area contributed by atoms with E-state index in [1.807, 2.05) is 30.3 Å². The first-order valence-electron chi connectivity index (χ1n) is 7.75. The van der Waals surface area contributed by atoms with Crippen molar-refractivity contribution in [2.24, 2.45) is 0 Å². The lowest BCUT2D eigenvalue weighted by atomic mass is 10.1. The highest BCUT2D eigenvalue weighted by Gasteiger charge is 2.18. The summed E-state index contributed by atoms with van der Waals surface area (Å²) in [4.78, 5) is 14.9. The van der Waals surface area contributed by atoms with Gasteiger partial charge in [-0.25, -0.2) is 0 Å². The van der Waals surface area contributed by atoms with Crippen molar-refractivity contribution in [3.05, 3.63) is 52.5 Å². The number of methoxy groups -OCH3 is 1. The Morgan fingerprint density at radius 2 is 1.96 bits per heavy atom. The van der Waals surface area contributed by atoms with E-state index in [1.54, 1.807) is 19.2 Å². The molecule has 6 heteroatoms. The summed E-state index contributed by atoms with van der Waals surface area (Å²) in [5, 5.41) is 3.01. The number of anilines is 2. The fourth-order valence-electron chi connectivity index (χ4n) is 2.71. The molecule has 0 bridgehead atoms. The lowest BCUT2D eigenvalue weighted by molar-refractivity contribution is 0.102. The van der Waals surface area contributed by atoms with Gasteiger partial charge in [0.2, 0.25) is 0 Å². The summed E-state index contributed by atoms with van der Waals surface area (Å²) in [6, 6.07) is 13.1. The average molecular weight is 391 g/mol. The third-order valence-corrected chi connectivity index (χ3v) is 4.40. The Hall–Kier alpha value is -2.05. The monoisotopic (exact) mass is 390 g/mol. The van der Waals surface area contributed by atoms with Crippen LogP contribution >= 0.6 is 15.9 Å². The molecule has 5 nitrogen and oxygen atoms in total. The zero-order valence-corrected chi connectivity index (χ0v) is 15.0. The average Bonchev–Trinajstić information content (AvgIpc) is 2.62. The topological polar surface area (TPSA) is 50.8 Å². The van der Waals surface area contributed by atoms with Gasteiger partial charge in [-0.2, -0.15) is 0 Å². The second-order valence-corrected chi connectivity index (χ2v) is 6.33. The van der Waals surface area contributed by atoms with Gasteiger partial charge in [0, 0.05) is 17.6 Å². The van der Waals surface area contributed by atoms with Crippen LogP contribution in [-0.2, 0) is 4.74 Å². The minimum absolute atomic E-state index is 0.194. The van der Waals surface area contributed by atoms with Crippen LogP contribution in [0.3, 0.4) is 0 Å². The van der Waals surface area contributed by atoms with Gasteiger partial charge in [-0.1, -0.05) is 28.1 Å². The van der Waals surface area contributed by atoms with Crippen molar-refractivity contribution >= 4 is 33.2 Å². The summed E-state index contributed by atoms with van der Waals surface area (Å²) < 4.78 is 11.6. The van der Waals surface area contributed by atoms with Crippen molar-refractivity contribution in [1.29, 1.82) is 0 Å². The maximum absolute atomic E-state index is 12.7. The number of para-hydroxylation sites is 1. The van der Waals surface area contributed by atoms with Gasteiger partial charge in [0.25, 0.3) is 5.91 Å². The number of carbonyl (C=O) groups excluding carboxylic acids is 1. The number of hydrogen-bond acceptors (Lipinski definition) is 4. The molecule has 24 heavy (non-hydrogen) atoms. The number of nitrogens with zero attached hydrogens (tertiary/aromatic N) is 1. The summed E-state index contributed by atoms with van der Waals surface area (Å²) in [7, 11) is 1.56. The molecule has 0 spiro atoms. The SMILES string of the molecule is COc1ccccc1C(=O)Nc1cc(Br)ccc1N1CCOCC1. The number of morpholine rings is 1. The van der Waals surface area contributed by atoms with Crippen molar-refractivity contribution in [3.63, 3.8) is 0 Å². The lowest BCUT2D eigenvalue weighted by Crippen LogP contribution is -2.36. The normalized spacial score (nSPS) is 14.3. The van der Waals surface area contributed by atoms with Gasteiger partial charge in [0.15, 0.2) is 0 Å². The van der Waals surface area contributed by atoms with E-state index in [0.717, 1.165) is 28.9 Å². The number of benzene rings is 2. The molecular weight excluding hydrogens is 372 g/mol. The summed E-state index contributed by atoms with van der Waals surface area (Å²) in [6.07, 6.45) is 0. The number of rotatable bonds is 4. The number of hydrogen-bond donors (Lipinski definition) is 1. The fourth-order valence-corrected chi connectivity index (χ4v) is 3.07. The van der Waals surface area contributed by atoms with Crippen LogP contribution in [-0.4, -0.2) is 39.3 Å². The zero-order valence-electron chi connectivity index (χ0n) is 13.4. The van der Waals surface area contributed by atoms with Crippen LogP contribution in [0.4, 0.5) is 11.4 Å². The molecule has 0 radical (unpaired) electrons. The maximum Gasteiger partial charge on any atom is 0.259 e. The highest BCUT2D eigenvalue weighted by molar-refractivity contribution is 9.10. The van der Waals surface area contributed by atoms with Gasteiger partial charge in [-0.05, 0) is 30.3 Å². The van der Waals surface area contributed by atoms with E-state index in [2.05, 4.69) is 26.1 Å². The Kier molecular flexibility index (Phi) is 5.37. The van der Waals surface area contributed by atoms with Gasteiger partial charge in [-0.15, -0.1) is 0 Å². The van der Waals surface area contributed by atoms with E-state index >= 15 is 0 Å². The van der Waals surface area contributed by atoms with Gasteiger partial charge in [0.05, 0.1) is 37.3 Å². The standard InChI is InChI=1S/C18H19BrN2O3/c1-23-17-5-3-2-4-14(17)18(22)20-15-12-13(19)6-7-16(15)21-8-10-24-11-9-21/h2-7,12H,8-11H2,1H3,(H,20,22). The number of carbonyl (C=O) groups is 1. The molecule has 1 aliphatic rings. The summed E-state index contributed by atoms with van der Waals surface area (Å²) >= 11 is 3.48. The summed E-state index contributed by atoms with van der Waals surface area (Å²) in [5.74, 6) is 0.359. The molecular formula is C18H19BrN2O3. The Morgan fingerprint density at radius 1 is 1.21 bits per heavy atom. The highest BCUT2D eigenvalue weighted by atomic mass is 79.9. The minimum atomic E-state index is -0.194. The summed E-state index contributed by atoms with van der Waals surface area (Å²) in [5.41, 5.74) is 2.26. The molecule has 1 N–H and O–H groups in total. The molecule has 126 valence electrons. The molecule has 0 saturated carbocycles. The van der Waals surface area contributed by atoms with E-state index < -0.39 is 0 Å². The predicted molar refractivity (Wildman–Crippen MR) is 98.1 cm³/mol. The third kappa shape index (κ3) is 3.71. The van der Waals surface area contributed by atoms with Crippen LogP contribution in [0.25, 0.3) is 0 Å². The van der Waals surface area contributed by atoms with E-state index in [1.165, 1.54) is 0 Å².